The Morgan fingerprint density at radius 2 is 2.13 bits per heavy atom. The predicted molar refractivity (Wildman–Crippen MR) is 51.4 cm³/mol. The number of primary amides is 1. The summed E-state index contributed by atoms with van der Waals surface area (Å²) in [6.45, 7) is 1.25. The summed E-state index contributed by atoms with van der Waals surface area (Å²) in [4.78, 5) is 11.0. The van der Waals surface area contributed by atoms with Crippen LogP contribution in [0, 0.1) is 0 Å². The van der Waals surface area contributed by atoms with E-state index in [4.69, 9.17) is 10.3 Å². The standard InChI is InChI=1S/C8H10N2O4S/c1-6(15(12,13)14)10-5-3-2-4-7(10)8(9)11/h2-6H,1H3,(H2-,9,11,12,13,14)/p+1. The van der Waals surface area contributed by atoms with Gasteiger partial charge in [-0.2, -0.15) is 13.0 Å². The number of carbonyl (C=O) groups excluding carboxylic acids is 1. The molecule has 0 saturated heterocycles. The first-order chi connectivity index (χ1) is 6.84. The molecule has 0 bridgehead atoms. The van der Waals surface area contributed by atoms with Crippen molar-refractivity contribution in [2.45, 2.75) is 12.3 Å². The van der Waals surface area contributed by atoms with E-state index < -0.39 is 21.4 Å². The SMILES string of the molecule is CC([n+]1ccccc1C(N)=O)S(=O)(=O)O. The van der Waals surface area contributed by atoms with Gasteiger partial charge in [0, 0.05) is 19.1 Å². The molecule has 1 aromatic rings. The number of nitrogens with zero attached hydrogens (tertiary/aromatic N) is 1. The van der Waals surface area contributed by atoms with Crippen LogP contribution in [0.2, 0.25) is 0 Å². The van der Waals surface area contributed by atoms with Gasteiger partial charge >= 0.3 is 16.0 Å². The Labute approximate surface area is 87.1 Å². The van der Waals surface area contributed by atoms with Gasteiger partial charge in [-0.3, -0.25) is 9.35 Å². The fourth-order valence-electron chi connectivity index (χ4n) is 1.13. The fraction of sp³-hybridized carbons (Fsp3) is 0.250. The van der Waals surface area contributed by atoms with Gasteiger partial charge in [0.05, 0.1) is 0 Å². The van der Waals surface area contributed by atoms with Gasteiger partial charge in [-0.15, -0.1) is 0 Å². The molecule has 0 aromatic carbocycles. The summed E-state index contributed by atoms with van der Waals surface area (Å²) in [5, 5.41) is -1.25. The maximum Gasteiger partial charge on any atom is 0.329 e. The molecule has 1 heterocycles. The van der Waals surface area contributed by atoms with Gasteiger partial charge in [0.15, 0.2) is 6.20 Å². The van der Waals surface area contributed by atoms with Crippen LogP contribution < -0.4 is 10.3 Å². The monoisotopic (exact) mass is 231 g/mol. The fourth-order valence-corrected chi connectivity index (χ4v) is 1.60. The van der Waals surface area contributed by atoms with Crippen molar-refractivity contribution in [2.24, 2.45) is 5.73 Å². The van der Waals surface area contributed by atoms with Crippen molar-refractivity contribution in [1.29, 1.82) is 0 Å². The van der Waals surface area contributed by atoms with E-state index in [0.29, 0.717) is 0 Å². The molecule has 1 atom stereocenters. The molecule has 0 spiro atoms. The van der Waals surface area contributed by atoms with Gasteiger partial charge in [0.1, 0.15) is 0 Å². The van der Waals surface area contributed by atoms with E-state index >= 15 is 0 Å². The topological polar surface area (TPSA) is 101 Å². The van der Waals surface area contributed by atoms with Crippen molar-refractivity contribution in [3.8, 4) is 0 Å². The Morgan fingerprint density at radius 1 is 1.53 bits per heavy atom. The quantitative estimate of drug-likeness (QED) is 0.539. The number of nitrogens with two attached hydrogens (primary N) is 1. The molecule has 0 radical (unpaired) electrons. The highest BCUT2D eigenvalue weighted by atomic mass is 32.2. The van der Waals surface area contributed by atoms with E-state index in [1.807, 2.05) is 0 Å². The van der Waals surface area contributed by atoms with Crippen molar-refractivity contribution in [1.82, 2.24) is 0 Å². The molecule has 0 aliphatic rings. The van der Waals surface area contributed by atoms with Crippen molar-refractivity contribution in [3.05, 3.63) is 30.1 Å². The molecule has 1 rings (SSSR count). The number of aromatic nitrogens is 1. The van der Waals surface area contributed by atoms with Crippen molar-refractivity contribution in [2.75, 3.05) is 0 Å². The zero-order valence-electron chi connectivity index (χ0n) is 7.99. The maximum absolute atomic E-state index is 11.0. The van der Waals surface area contributed by atoms with Crippen molar-refractivity contribution >= 4 is 16.0 Å². The lowest BCUT2D eigenvalue weighted by molar-refractivity contribution is -0.700. The van der Waals surface area contributed by atoms with Crippen LogP contribution in [0.5, 0.6) is 0 Å². The molecule has 0 aliphatic heterocycles. The third kappa shape index (κ3) is 2.51. The highest BCUT2D eigenvalue weighted by molar-refractivity contribution is 7.85. The van der Waals surface area contributed by atoms with Gasteiger partial charge in [0.2, 0.25) is 0 Å². The molecule has 0 aliphatic carbocycles. The first-order valence-corrected chi connectivity index (χ1v) is 5.60. The summed E-state index contributed by atoms with van der Waals surface area (Å²) >= 11 is 0. The van der Waals surface area contributed by atoms with Crippen LogP contribution in [0.3, 0.4) is 0 Å². The molecule has 1 aromatic heterocycles. The molecular formula is C8H11N2O4S+. The zero-order chi connectivity index (χ0) is 11.6. The van der Waals surface area contributed by atoms with Gasteiger partial charge in [0.25, 0.3) is 11.1 Å². The predicted octanol–water partition coefficient (Wildman–Crippen LogP) is -0.521. The lowest BCUT2D eigenvalue weighted by Gasteiger charge is -2.05. The highest BCUT2D eigenvalue weighted by Crippen LogP contribution is 2.05. The highest BCUT2D eigenvalue weighted by Gasteiger charge is 2.30. The van der Waals surface area contributed by atoms with Crippen LogP contribution >= 0.6 is 0 Å². The second kappa shape index (κ2) is 3.95. The lowest BCUT2D eigenvalue weighted by Crippen LogP contribution is -2.47. The maximum atomic E-state index is 11.0. The number of hydrogen-bond acceptors (Lipinski definition) is 3. The first kappa shape index (κ1) is 11.6. The minimum absolute atomic E-state index is 0.0163. The molecule has 1 unspecified atom stereocenters. The molecule has 1 amide bonds. The summed E-state index contributed by atoms with van der Waals surface area (Å²) < 4.78 is 31.7. The molecule has 82 valence electrons. The molecule has 3 N–H and O–H groups in total. The number of rotatable bonds is 3. The summed E-state index contributed by atoms with van der Waals surface area (Å²) in [7, 11) is -4.26. The smallest absolute Gasteiger partial charge is 0.329 e. The first-order valence-electron chi connectivity index (χ1n) is 4.10. The number of amides is 1. The van der Waals surface area contributed by atoms with Gasteiger partial charge in [-0.1, -0.05) is 0 Å². The van der Waals surface area contributed by atoms with Gasteiger partial charge in [-0.05, 0) is 6.07 Å². The third-order valence-corrected chi connectivity index (χ3v) is 3.05. The van der Waals surface area contributed by atoms with Gasteiger partial charge in [-0.25, -0.2) is 0 Å². The Kier molecular flexibility index (Phi) is 3.06. The summed E-state index contributed by atoms with van der Waals surface area (Å²) in [6, 6.07) is 4.46. The van der Waals surface area contributed by atoms with E-state index in [-0.39, 0.29) is 5.69 Å². The molecule has 0 fully saturated rings. The molecule has 0 saturated carbocycles. The van der Waals surface area contributed by atoms with Crippen LogP contribution in [-0.2, 0) is 10.1 Å². The van der Waals surface area contributed by atoms with Crippen LogP contribution in [0.25, 0.3) is 0 Å². The number of hydrogen-bond donors (Lipinski definition) is 2. The van der Waals surface area contributed by atoms with E-state index in [2.05, 4.69) is 0 Å². The van der Waals surface area contributed by atoms with E-state index in [1.165, 1.54) is 25.3 Å². The second-order valence-corrected chi connectivity index (χ2v) is 4.68. The molecule has 6 nitrogen and oxygen atoms in total. The molecule has 15 heavy (non-hydrogen) atoms. The number of carbonyl (C=O) groups is 1. The lowest BCUT2D eigenvalue weighted by atomic mass is 10.3. The minimum Gasteiger partial charge on any atom is -0.360 e. The van der Waals surface area contributed by atoms with E-state index in [9.17, 15) is 13.2 Å². The van der Waals surface area contributed by atoms with Crippen molar-refractivity contribution in [3.63, 3.8) is 0 Å². The zero-order valence-corrected chi connectivity index (χ0v) is 8.81. The van der Waals surface area contributed by atoms with E-state index in [0.717, 1.165) is 4.57 Å². The third-order valence-electron chi connectivity index (χ3n) is 1.97. The minimum atomic E-state index is -4.26. The normalized spacial score (nSPS) is 13.5. The second-order valence-electron chi connectivity index (χ2n) is 2.97. The van der Waals surface area contributed by atoms with Crippen LogP contribution in [0.4, 0.5) is 0 Å². The van der Waals surface area contributed by atoms with Crippen LogP contribution in [0.1, 0.15) is 22.8 Å². The summed E-state index contributed by atoms with van der Waals surface area (Å²) in [5.41, 5.74) is 5.08. The molecule has 7 heteroatoms. The average Bonchev–Trinajstić information content (AvgIpc) is 2.15. The van der Waals surface area contributed by atoms with E-state index in [1.54, 1.807) is 6.07 Å². The van der Waals surface area contributed by atoms with Crippen LogP contribution in [0.15, 0.2) is 24.4 Å². The van der Waals surface area contributed by atoms with Crippen molar-refractivity contribution < 1.29 is 22.3 Å². The Hall–Kier alpha value is -1.47. The Bertz CT molecular complexity index is 483. The largest absolute Gasteiger partial charge is 0.360 e. The summed E-state index contributed by atoms with van der Waals surface area (Å²) in [5.74, 6) is -0.758. The Morgan fingerprint density at radius 3 is 2.60 bits per heavy atom. The average molecular weight is 231 g/mol. The Balaban J connectivity index is 3.32. The van der Waals surface area contributed by atoms with Crippen LogP contribution in [-0.4, -0.2) is 18.9 Å². The summed E-state index contributed by atoms with van der Waals surface area (Å²) in [6.07, 6.45) is 1.36. The number of pyridine rings is 1. The van der Waals surface area contributed by atoms with Gasteiger partial charge < -0.3 is 5.73 Å². The molecular weight excluding hydrogens is 220 g/mol.